The van der Waals surface area contributed by atoms with Crippen molar-refractivity contribution in [1.29, 1.82) is 0 Å². The van der Waals surface area contributed by atoms with E-state index in [0.29, 0.717) is 24.1 Å². The van der Waals surface area contributed by atoms with Crippen LogP contribution in [0.15, 0.2) is 46.9 Å². The number of ketones is 1. The van der Waals surface area contributed by atoms with E-state index in [4.69, 9.17) is 0 Å². The molecule has 0 unspecified atom stereocenters. The summed E-state index contributed by atoms with van der Waals surface area (Å²) in [5, 5.41) is 0. The molecule has 1 amide bonds. The second kappa shape index (κ2) is 5.45. The molecule has 21 heavy (non-hydrogen) atoms. The van der Waals surface area contributed by atoms with Crippen LogP contribution < -0.4 is 4.90 Å². The van der Waals surface area contributed by atoms with Crippen LogP contribution in [-0.2, 0) is 0 Å². The third-order valence-electron chi connectivity index (χ3n) is 3.69. The van der Waals surface area contributed by atoms with Gasteiger partial charge in [-0.15, -0.1) is 0 Å². The van der Waals surface area contributed by atoms with Crippen molar-refractivity contribution in [3.63, 3.8) is 0 Å². The van der Waals surface area contributed by atoms with Gasteiger partial charge in [-0.2, -0.15) is 0 Å². The van der Waals surface area contributed by atoms with Gasteiger partial charge in [-0.1, -0.05) is 34.1 Å². The van der Waals surface area contributed by atoms with Crippen LogP contribution in [0.3, 0.4) is 0 Å². The Balaban J connectivity index is 2.07. The number of fused-ring (bicyclic) bond motifs is 1. The molecule has 0 bridgehead atoms. The lowest BCUT2D eigenvalue weighted by molar-refractivity contribution is 0.0955. The largest absolute Gasteiger partial charge is 0.307 e. The van der Waals surface area contributed by atoms with Crippen LogP contribution in [0.25, 0.3) is 0 Å². The van der Waals surface area contributed by atoms with E-state index < -0.39 is 0 Å². The van der Waals surface area contributed by atoms with Gasteiger partial charge in [-0.3, -0.25) is 9.59 Å². The summed E-state index contributed by atoms with van der Waals surface area (Å²) in [5.41, 5.74) is 2.96. The molecule has 0 spiro atoms. The first-order valence-corrected chi connectivity index (χ1v) is 7.57. The predicted molar refractivity (Wildman–Crippen MR) is 85.9 cm³/mol. The van der Waals surface area contributed by atoms with Crippen LogP contribution in [0.5, 0.6) is 0 Å². The maximum atomic E-state index is 12.8. The maximum Gasteiger partial charge on any atom is 0.258 e. The fourth-order valence-electron chi connectivity index (χ4n) is 2.68. The van der Waals surface area contributed by atoms with Gasteiger partial charge >= 0.3 is 0 Å². The Bertz CT molecular complexity index is 739. The number of para-hydroxylation sites is 1. The Labute approximate surface area is 131 Å². The molecule has 1 aliphatic rings. The third-order valence-corrected chi connectivity index (χ3v) is 4.18. The molecule has 3 nitrogen and oxygen atoms in total. The van der Waals surface area contributed by atoms with Crippen LogP contribution in [0.2, 0.25) is 0 Å². The normalized spacial score (nSPS) is 14.0. The van der Waals surface area contributed by atoms with Gasteiger partial charge in [0.05, 0.1) is 5.69 Å². The van der Waals surface area contributed by atoms with E-state index in [1.54, 1.807) is 23.1 Å². The molecule has 106 valence electrons. The average molecular weight is 344 g/mol. The second-order valence-corrected chi connectivity index (χ2v) is 6.03. The molecule has 4 heteroatoms. The number of nitrogens with zero attached hydrogens (tertiary/aromatic N) is 1. The number of aryl methyl sites for hydroxylation is 1. The first-order chi connectivity index (χ1) is 10.1. The molecule has 0 aliphatic carbocycles. The summed E-state index contributed by atoms with van der Waals surface area (Å²) in [5.74, 6) is 0.0337. The molecular weight excluding hydrogens is 330 g/mol. The van der Waals surface area contributed by atoms with Gasteiger partial charge in [0, 0.05) is 28.6 Å². The summed E-state index contributed by atoms with van der Waals surface area (Å²) in [6.45, 7) is 2.36. The molecule has 2 aromatic rings. The summed E-state index contributed by atoms with van der Waals surface area (Å²) >= 11 is 3.39. The molecule has 0 saturated carbocycles. The second-order valence-electron chi connectivity index (χ2n) is 5.11. The zero-order valence-corrected chi connectivity index (χ0v) is 13.2. The smallest absolute Gasteiger partial charge is 0.258 e. The molecule has 0 aromatic heterocycles. The number of carbonyl (C=O) groups is 2. The summed E-state index contributed by atoms with van der Waals surface area (Å²) in [6.07, 6.45) is 0.371. The van der Waals surface area contributed by atoms with Gasteiger partial charge in [0.2, 0.25) is 0 Å². The van der Waals surface area contributed by atoms with Crippen LogP contribution in [0.1, 0.15) is 32.7 Å². The van der Waals surface area contributed by atoms with Crippen molar-refractivity contribution in [2.75, 3.05) is 11.4 Å². The van der Waals surface area contributed by atoms with E-state index in [0.717, 1.165) is 15.7 Å². The van der Waals surface area contributed by atoms with Gasteiger partial charge in [-0.25, -0.2) is 0 Å². The Morgan fingerprint density at radius 2 is 1.95 bits per heavy atom. The molecular formula is C17H14BrNO2. The average Bonchev–Trinajstić information content (AvgIpc) is 2.48. The number of anilines is 1. The van der Waals surface area contributed by atoms with Crippen LogP contribution in [-0.4, -0.2) is 18.2 Å². The summed E-state index contributed by atoms with van der Waals surface area (Å²) in [7, 11) is 0. The number of halogens is 1. The lowest BCUT2D eigenvalue weighted by Crippen LogP contribution is -2.38. The van der Waals surface area contributed by atoms with Crippen molar-refractivity contribution >= 4 is 33.3 Å². The monoisotopic (exact) mass is 343 g/mol. The molecule has 0 fully saturated rings. The van der Waals surface area contributed by atoms with Crippen molar-refractivity contribution < 1.29 is 9.59 Å². The van der Waals surface area contributed by atoms with Gasteiger partial charge in [0.25, 0.3) is 5.91 Å². The molecule has 0 saturated heterocycles. The zero-order valence-electron chi connectivity index (χ0n) is 11.6. The quantitative estimate of drug-likeness (QED) is 0.784. The number of carbonyl (C=O) groups excluding carboxylic acids is 2. The number of hydrogen-bond acceptors (Lipinski definition) is 2. The molecule has 0 N–H and O–H groups in total. The minimum Gasteiger partial charge on any atom is -0.307 e. The van der Waals surface area contributed by atoms with E-state index >= 15 is 0 Å². The first-order valence-electron chi connectivity index (χ1n) is 6.78. The fourth-order valence-corrected chi connectivity index (χ4v) is 3.08. The molecule has 1 aliphatic heterocycles. The van der Waals surface area contributed by atoms with E-state index in [9.17, 15) is 9.59 Å². The van der Waals surface area contributed by atoms with Gasteiger partial charge in [0.15, 0.2) is 5.78 Å². The molecule has 3 rings (SSSR count). The number of benzene rings is 2. The highest BCUT2D eigenvalue weighted by Crippen LogP contribution is 2.31. The lowest BCUT2D eigenvalue weighted by Gasteiger charge is -2.30. The Kier molecular flexibility index (Phi) is 3.64. The van der Waals surface area contributed by atoms with Gasteiger partial charge in [-0.05, 0) is 36.8 Å². The summed E-state index contributed by atoms with van der Waals surface area (Å²) in [6, 6.07) is 12.9. The topological polar surface area (TPSA) is 37.4 Å². The number of amides is 1. The van der Waals surface area contributed by atoms with E-state index in [1.807, 2.05) is 31.2 Å². The summed E-state index contributed by atoms with van der Waals surface area (Å²) < 4.78 is 0.867. The van der Waals surface area contributed by atoms with Crippen molar-refractivity contribution in [2.24, 2.45) is 0 Å². The highest BCUT2D eigenvalue weighted by atomic mass is 79.9. The SMILES string of the molecule is Cc1cccc2c1N(C(=O)c1cccc(Br)c1)CCC2=O. The third kappa shape index (κ3) is 2.51. The first kappa shape index (κ1) is 14.0. The molecule has 1 heterocycles. The molecule has 0 atom stereocenters. The zero-order chi connectivity index (χ0) is 15.0. The van der Waals surface area contributed by atoms with Crippen molar-refractivity contribution in [3.05, 3.63) is 63.6 Å². The Hall–Kier alpha value is -1.94. The molecule has 0 radical (unpaired) electrons. The van der Waals surface area contributed by atoms with Crippen LogP contribution in [0.4, 0.5) is 5.69 Å². The minimum absolute atomic E-state index is 0.0700. The summed E-state index contributed by atoms with van der Waals surface area (Å²) in [4.78, 5) is 26.5. The van der Waals surface area contributed by atoms with Crippen LogP contribution >= 0.6 is 15.9 Å². The fraction of sp³-hybridized carbons (Fsp3) is 0.176. The highest BCUT2D eigenvalue weighted by molar-refractivity contribution is 9.10. The van der Waals surface area contributed by atoms with E-state index in [-0.39, 0.29) is 11.7 Å². The standard InChI is InChI=1S/C17H14BrNO2/c1-11-4-2-7-14-15(20)8-9-19(16(11)14)17(21)12-5-3-6-13(18)10-12/h2-7,10H,8-9H2,1H3. The Morgan fingerprint density at radius 3 is 2.71 bits per heavy atom. The van der Waals surface area contributed by atoms with Crippen molar-refractivity contribution in [1.82, 2.24) is 0 Å². The van der Waals surface area contributed by atoms with Crippen molar-refractivity contribution in [2.45, 2.75) is 13.3 Å². The van der Waals surface area contributed by atoms with Gasteiger partial charge in [0.1, 0.15) is 0 Å². The molecule has 2 aromatic carbocycles. The van der Waals surface area contributed by atoms with Gasteiger partial charge < -0.3 is 4.90 Å². The van der Waals surface area contributed by atoms with E-state index in [1.165, 1.54) is 0 Å². The van der Waals surface area contributed by atoms with E-state index in [2.05, 4.69) is 15.9 Å². The maximum absolute atomic E-state index is 12.8. The van der Waals surface area contributed by atoms with Crippen LogP contribution in [0, 0.1) is 6.92 Å². The lowest BCUT2D eigenvalue weighted by atomic mass is 9.96. The number of hydrogen-bond donors (Lipinski definition) is 0. The number of rotatable bonds is 1. The van der Waals surface area contributed by atoms with Crippen molar-refractivity contribution in [3.8, 4) is 0 Å². The highest BCUT2D eigenvalue weighted by Gasteiger charge is 2.29. The predicted octanol–water partition coefficient (Wildman–Crippen LogP) is 3.99. The minimum atomic E-state index is -0.0700. The Morgan fingerprint density at radius 1 is 1.19 bits per heavy atom. The number of Topliss-reactive ketones (excluding diaryl/α,β-unsaturated/α-hetero) is 1.